The highest BCUT2D eigenvalue weighted by atomic mass is 16.5. The van der Waals surface area contributed by atoms with Crippen LogP contribution in [0.4, 0.5) is 0 Å². The zero-order chi connectivity index (χ0) is 14.7. The van der Waals surface area contributed by atoms with E-state index >= 15 is 0 Å². The molecule has 0 amide bonds. The molecule has 0 bridgehead atoms. The fourth-order valence-corrected chi connectivity index (χ4v) is 1.89. The Balaban J connectivity index is 2.36. The normalized spacial score (nSPS) is 12.7. The van der Waals surface area contributed by atoms with Crippen molar-refractivity contribution in [1.29, 1.82) is 0 Å². The van der Waals surface area contributed by atoms with E-state index in [1.165, 1.54) is 5.56 Å². The number of aromatic nitrogens is 2. The first-order valence-electron chi connectivity index (χ1n) is 6.90. The minimum atomic E-state index is -0.266. The summed E-state index contributed by atoms with van der Waals surface area (Å²) in [6, 6.07) is 5.70. The Bertz CT molecular complexity index is 576. The molecule has 108 valence electrons. The molecule has 0 aliphatic heterocycles. The maximum Gasteiger partial charge on any atom is 0.243 e. The molecular formula is C15H21N3O2. The summed E-state index contributed by atoms with van der Waals surface area (Å²) >= 11 is 0. The molecule has 5 heteroatoms. The van der Waals surface area contributed by atoms with Crippen molar-refractivity contribution in [3.05, 3.63) is 29.7 Å². The molecule has 0 saturated carbocycles. The van der Waals surface area contributed by atoms with Gasteiger partial charge >= 0.3 is 0 Å². The highest BCUT2D eigenvalue weighted by molar-refractivity contribution is 5.59. The minimum Gasteiger partial charge on any atom is -0.491 e. The van der Waals surface area contributed by atoms with E-state index in [0.29, 0.717) is 11.7 Å². The van der Waals surface area contributed by atoms with E-state index in [9.17, 15) is 0 Å². The van der Waals surface area contributed by atoms with E-state index in [0.717, 1.165) is 17.7 Å². The van der Waals surface area contributed by atoms with Crippen molar-refractivity contribution in [2.45, 2.75) is 46.3 Å². The van der Waals surface area contributed by atoms with Gasteiger partial charge in [0.2, 0.25) is 11.7 Å². The lowest BCUT2D eigenvalue weighted by molar-refractivity contribution is 0.240. The van der Waals surface area contributed by atoms with Crippen LogP contribution in [-0.2, 0) is 6.42 Å². The van der Waals surface area contributed by atoms with E-state index < -0.39 is 0 Å². The maximum absolute atomic E-state index is 5.84. The Morgan fingerprint density at radius 1 is 1.30 bits per heavy atom. The van der Waals surface area contributed by atoms with Gasteiger partial charge in [0.1, 0.15) is 5.75 Å². The smallest absolute Gasteiger partial charge is 0.243 e. The molecule has 20 heavy (non-hydrogen) atoms. The van der Waals surface area contributed by atoms with Gasteiger partial charge in [0.25, 0.3) is 0 Å². The first-order valence-corrected chi connectivity index (χ1v) is 6.90. The molecule has 2 N–H and O–H groups in total. The van der Waals surface area contributed by atoms with Crippen molar-refractivity contribution in [2.24, 2.45) is 5.73 Å². The van der Waals surface area contributed by atoms with Crippen LogP contribution in [0.2, 0.25) is 0 Å². The first kappa shape index (κ1) is 14.5. The minimum absolute atomic E-state index is 0.125. The highest BCUT2D eigenvalue weighted by Gasteiger charge is 2.14. The van der Waals surface area contributed by atoms with Crippen molar-refractivity contribution >= 4 is 0 Å². The standard InChI is InChI=1S/C15H21N3O2/c1-5-11-6-7-12(8-13(11)19-9(2)3)14-17-15(10(4)16)20-18-14/h6-10H,5,16H2,1-4H3/t10-/m0/s1. The van der Waals surface area contributed by atoms with E-state index in [1.807, 2.05) is 39.0 Å². The Labute approximate surface area is 119 Å². The van der Waals surface area contributed by atoms with Crippen LogP contribution in [0.15, 0.2) is 22.7 Å². The van der Waals surface area contributed by atoms with Crippen molar-refractivity contribution in [3.63, 3.8) is 0 Å². The third-order valence-corrected chi connectivity index (χ3v) is 2.90. The van der Waals surface area contributed by atoms with Crippen LogP contribution in [0.3, 0.4) is 0 Å². The highest BCUT2D eigenvalue weighted by Crippen LogP contribution is 2.27. The van der Waals surface area contributed by atoms with Crippen LogP contribution in [-0.4, -0.2) is 16.2 Å². The number of aryl methyl sites for hydroxylation is 1. The maximum atomic E-state index is 5.84. The molecule has 1 heterocycles. The van der Waals surface area contributed by atoms with Gasteiger partial charge in [-0.05, 0) is 38.8 Å². The molecule has 0 saturated heterocycles. The number of nitrogens with two attached hydrogens (primary N) is 1. The zero-order valence-electron chi connectivity index (χ0n) is 12.4. The lowest BCUT2D eigenvalue weighted by Gasteiger charge is -2.14. The van der Waals surface area contributed by atoms with Crippen LogP contribution < -0.4 is 10.5 Å². The second-order valence-electron chi connectivity index (χ2n) is 5.09. The van der Waals surface area contributed by atoms with Crippen molar-refractivity contribution in [1.82, 2.24) is 10.1 Å². The molecule has 0 radical (unpaired) electrons. The Hall–Kier alpha value is -1.88. The van der Waals surface area contributed by atoms with E-state index in [4.69, 9.17) is 15.0 Å². The van der Waals surface area contributed by atoms with Crippen LogP contribution in [0.1, 0.15) is 45.2 Å². The number of nitrogens with zero attached hydrogens (tertiary/aromatic N) is 2. The summed E-state index contributed by atoms with van der Waals surface area (Å²) < 4.78 is 11.0. The number of ether oxygens (including phenoxy) is 1. The Morgan fingerprint density at radius 3 is 2.60 bits per heavy atom. The topological polar surface area (TPSA) is 74.2 Å². The summed E-state index contributed by atoms with van der Waals surface area (Å²) in [5.41, 5.74) is 7.76. The molecule has 1 aromatic carbocycles. The third-order valence-electron chi connectivity index (χ3n) is 2.90. The number of hydrogen-bond donors (Lipinski definition) is 1. The summed E-state index contributed by atoms with van der Waals surface area (Å²) in [7, 11) is 0. The van der Waals surface area contributed by atoms with Gasteiger partial charge in [-0.3, -0.25) is 0 Å². The first-order chi connectivity index (χ1) is 9.51. The molecule has 5 nitrogen and oxygen atoms in total. The molecule has 2 aromatic rings. The van der Waals surface area contributed by atoms with Gasteiger partial charge in [-0.25, -0.2) is 0 Å². The SMILES string of the molecule is CCc1ccc(-c2noc([C@H](C)N)n2)cc1OC(C)C. The Morgan fingerprint density at radius 2 is 2.05 bits per heavy atom. The van der Waals surface area contributed by atoms with Crippen LogP contribution >= 0.6 is 0 Å². The predicted molar refractivity (Wildman–Crippen MR) is 77.5 cm³/mol. The zero-order valence-corrected chi connectivity index (χ0v) is 12.4. The summed E-state index contributed by atoms with van der Waals surface area (Å²) in [5, 5.41) is 3.96. The number of hydrogen-bond acceptors (Lipinski definition) is 5. The fraction of sp³-hybridized carbons (Fsp3) is 0.467. The summed E-state index contributed by atoms with van der Waals surface area (Å²) in [5.74, 6) is 1.84. The van der Waals surface area contributed by atoms with Crippen LogP contribution in [0, 0.1) is 0 Å². The van der Waals surface area contributed by atoms with Crippen LogP contribution in [0.5, 0.6) is 5.75 Å². The van der Waals surface area contributed by atoms with Crippen molar-refractivity contribution in [2.75, 3.05) is 0 Å². The lowest BCUT2D eigenvalue weighted by atomic mass is 10.1. The van der Waals surface area contributed by atoms with E-state index in [2.05, 4.69) is 17.1 Å². The largest absolute Gasteiger partial charge is 0.491 e. The van der Waals surface area contributed by atoms with Gasteiger partial charge in [0.15, 0.2) is 0 Å². The molecule has 0 aliphatic carbocycles. The second-order valence-corrected chi connectivity index (χ2v) is 5.09. The van der Waals surface area contributed by atoms with Gasteiger partial charge in [-0.1, -0.05) is 24.2 Å². The fourth-order valence-electron chi connectivity index (χ4n) is 1.89. The van der Waals surface area contributed by atoms with Gasteiger partial charge in [0.05, 0.1) is 12.1 Å². The second kappa shape index (κ2) is 6.05. The summed E-state index contributed by atoms with van der Waals surface area (Å²) in [6.45, 7) is 7.93. The lowest BCUT2D eigenvalue weighted by Crippen LogP contribution is -2.07. The molecule has 1 atom stereocenters. The number of benzene rings is 1. The molecule has 0 spiro atoms. The summed E-state index contributed by atoms with van der Waals surface area (Å²) in [6.07, 6.45) is 1.04. The molecule has 0 unspecified atom stereocenters. The quantitative estimate of drug-likeness (QED) is 0.907. The Kier molecular flexibility index (Phi) is 4.39. The molecule has 1 aromatic heterocycles. The van der Waals surface area contributed by atoms with Gasteiger partial charge in [0, 0.05) is 5.56 Å². The van der Waals surface area contributed by atoms with Gasteiger partial charge in [-0.2, -0.15) is 4.98 Å². The predicted octanol–water partition coefficient (Wildman–Crippen LogP) is 3.11. The average Bonchev–Trinajstić information content (AvgIpc) is 2.87. The average molecular weight is 275 g/mol. The molecular weight excluding hydrogens is 254 g/mol. The van der Waals surface area contributed by atoms with E-state index in [-0.39, 0.29) is 12.1 Å². The molecule has 2 rings (SSSR count). The van der Waals surface area contributed by atoms with E-state index in [1.54, 1.807) is 0 Å². The number of rotatable bonds is 5. The monoisotopic (exact) mass is 275 g/mol. The molecule has 0 fully saturated rings. The van der Waals surface area contributed by atoms with Gasteiger partial charge < -0.3 is 15.0 Å². The van der Waals surface area contributed by atoms with Crippen molar-refractivity contribution in [3.8, 4) is 17.1 Å². The molecule has 0 aliphatic rings. The van der Waals surface area contributed by atoms with Crippen molar-refractivity contribution < 1.29 is 9.26 Å². The van der Waals surface area contributed by atoms with Crippen LogP contribution in [0.25, 0.3) is 11.4 Å². The third kappa shape index (κ3) is 3.17. The summed E-state index contributed by atoms with van der Waals surface area (Å²) in [4.78, 5) is 4.30. The van der Waals surface area contributed by atoms with Gasteiger partial charge in [-0.15, -0.1) is 0 Å².